The minimum absolute atomic E-state index is 0.0167. The number of likely N-dealkylation sites (N-methyl/N-ethyl adjacent to an activating group) is 1. The number of hydrogen-bond donors (Lipinski definition) is 2. The molecule has 0 fully saturated rings. The average Bonchev–Trinajstić information content (AvgIpc) is 2.94. The average molecular weight is 569 g/mol. The number of amides is 3. The van der Waals surface area contributed by atoms with Crippen molar-refractivity contribution in [3.63, 3.8) is 0 Å². The number of methoxy groups -OCH3 is 1. The van der Waals surface area contributed by atoms with Crippen LogP contribution in [0.5, 0.6) is 0 Å². The Morgan fingerprint density at radius 2 is 1.71 bits per heavy atom. The third-order valence-electron chi connectivity index (χ3n) is 5.72. The first-order valence-electron chi connectivity index (χ1n) is 13.0. The predicted octanol–water partition coefficient (Wildman–Crippen LogP) is 0.587. The van der Waals surface area contributed by atoms with E-state index in [1.54, 1.807) is 0 Å². The summed E-state index contributed by atoms with van der Waals surface area (Å²) in [4.78, 5) is 72.1. The molecule has 0 aliphatic heterocycles. The van der Waals surface area contributed by atoms with Crippen LogP contribution in [0.3, 0.4) is 0 Å². The highest BCUT2D eigenvalue weighted by molar-refractivity contribution is 6.49. The summed E-state index contributed by atoms with van der Waals surface area (Å²) in [7, 11) is 2.77. The number of nitrogens with zero attached hydrogens (tertiary/aromatic N) is 3. The number of hydrogen-bond acceptors (Lipinski definition) is 10. The van der Waals surface area contributed by atoms with Crippen LogP contribution < -0.4 is 10.6 Å². The summed E-state index contributed by atoms with van der Waals surface area (Å²) in [5.41, 5.74) is 0.804. The zero-order valence-electron chi connectivity index (χ0n) is 23.9. The molecule has 2 N–H and O–H groups in total. The standard InChI is InChI=1S/C27H36BN5O8/c1-18(2)13-22(28(40-17-23(34)33(3)4)41-25(36)15-24(35)39-5)32-26(37)20(14-19-9-7-6-8-10-19)31-27(38)21-16-29-11-12-30-21/h6-12,16,18,20,22H,13-15,17H2,1-5H3,(H,31,38)(H,32,37)/t20?,22-/m0/s1. The molecule has 0 aliphatic carbocycles. The van der Waals surface area contributed by atoms with E-state index in [0.29, 0.717) is 0 Å². The van der Waals surface area contributed by atoms with Gasteiger partial charge in [-0.1, -0.05) is 44.2 Å². The molecule has 41 heavy (non-hydrogen) atoms. The van der Waals surface area contributed by atoms with Crippen molar-refractivity contribution in [2.45, 2.75) is 45.1 Å². The number of benzene rings is 1. The molecule has 1 aromatic carbocycles. The summed E-state index contributed by atoms with van der Waals surface area (Å²) in [6.07, 6.45) is 3.78. The Kier molecular flexibility index (Phi) is 13.4. The number of nitrogens with one attached hydrogen (secondary N) is 2. The van der Waals surface area contributed by atoms with Gasteiger partial charge in [-0.05, 0) is 17.9 Å². The smallest absolute Gasteiger partial charge is 0.508 e. The zero-order chi connectivity index (χ0) is 30.4. The molecule has 0 aliphatic rings. The monoisotopic (exact) mass is 569 g/mol. The van der Waals surface area contributed by atoms with Crippen molar-refractivity contribution < 1.29 is 38.0 Å². The molecule has 1 heterocycles. The van der Waals surface area contributed by atoms with Gasteiger partial charge in [0.05, 0.1) is 19.2 Å². The predicted molar refractivity (Wildman–Crippen MR) is 148 cm³/mol. The van der Waals surface area contributed by atoms with Gasteiger partial charge in [0.1, 0.15) is 24.8 Å². The second-order valence-corrected chi connectivity index (χ2v) is 9.76. The molecule has 13 nitrogen and oxygen atoms in total. The maximum Gasteiger partial charge on any atom is 0.551 e. The van der Waals surface area contributed by atoms with Gasteiger partial charge >= 0.3 is 19.1 Å². The van der Waals surface area contributed by atoms with E-state index in [-0.39, 0.29) is 24.5 Å². The number of carbonyl (C=O) groups excluding carboxylic acids is 5. The van der Waals surface area contributed by atoms with Crippen LogP contribution in [-0.2, 0) is 39.6 Å². The van der Waals surface area contributed by atoms with Gasteiger partial charge < -0.3 is 29.6 Å². The fourth-order valence-corrected chi connectivity index (χ4v) is 3.61. The topological polar surface area (TPSA) is 166 Å². The number of ether oxygens (including phenoxy) is 1. The molecule has 0 saturated carbocycles. The Morgan fingerprint density at radius 1 is 1.00 bits per heavy atom. The molecule has 0 spiro atoms. The molecule has 3 amide bonds. The third kappa shape index (κ3) is 11.8. The van der Waals surface area contributed by atoms with Crippen LogP contribution in [0.4, 0.5) is 0 Å². The Balaban J connectivity index is 2.33. The van der Waals surface area contributed by atoms with Crippen LogP contribution in [0.25, 0.3) is 0 Å². The molecule has 2 rings (SSSR count). The van der Waals surface area contributed by atoms with Gasteiger partial charge in [-0.25, -0.2) is 4.98 Å². The number of rotatable bonds is 15. The van der Waals surface area contributed by atoms with E-state index in [9.17, 15) is 24.0 Å². The highest BCUT2D eigenvalue weighted by Gasteiger charge is 2.38. The van der Waals surface area contributed by atoms with Crippen LogP contribution >= 0.6 is 0 Å². The molecular weight excluding hydrogens is 533 g/mol. The van der Waals surface area contributed by atoms with Gasteiger partial charge in [-0.15, -0.1) is 0 Å². The highest BCUT2D eigenvalue weighted by Crippen LogP contribution is 2.13. The summed E-state index contributed by atoms with van der Waals surface area (Å²) >= 11 is 0. The molecule has 0 radical (unpaired) electrons. The Labute approximate surface area is 239 Å². The fourth-order valence-electron chi connectivity index (χ4n) is 3.61. The van der Waals surface area contributed by atoms with Crippen LogP contribution in [0, 0.1) is 5.92 Å². The van der Waals surface area contributed by atoms with Crippen molar-refractivity contribution in [1.29, 1.82) is 0 Å². The summed E-state index contributed by atoms with van der Waals surface area (Å²) in [6.45, 7) is 3.31. The second-order valence-electron chi connectivity index (χ2n) is 9.76. The minimum atomic E-state index is -1.42. The summed E-state index contributed by atoms with van der Waals surface area (Å²) in [5, 5.41) is 5.51. The van der Waals surface area contributed by atoms with E-state index < -0.39 is 61.8 Å². The Hall–Kier alpha value is -4.33. The van der Waals surface area contributed by atoms with Crippen LogP contribution in [-0.4, -0.2) is 91.4 Å². The number of esters is 1. The third-order valence-corrected chi connectivity index (χ3v) is 5.72. The van der Waals surface area contributed by atoms with Crippen molar-refractivity contribution in [3.05, 3.63) is 60.2 Å². The molecule has 1 aromatic heterocycles. The van der Waals surface area contributed by atoms with Crippen molar-refractivity contribution in [2.24, 2.45) is 5.92 Å². The summed E-state index contributed by atoms with van der Waals surface area (Å²) in [5.74, 6) is -4.34. The van der Waals surface area contributed by atoms with Gasteiger partial charge in [-0.3, -0.25) is 29.0 Å². The van der Waals surface area contributed by atoms with Crippen molar-refractivity contribution >= 4 is 36.8 Å². The van der Waals surface area contributed by atoms with Gasteiger partial charge in [0.2, 0.25) is 11.8 Å². The first kappa shape index (κ1) is 32.9. The van der Waals surface area contributed by atoms with Crippen molar-refractivity contribution in [2.75, 3.05) is 27.8 Å². The van der Waals surface area contributed by atoms with Gasteiger partial charge in [-0.2, -0.15) is 0 Å². The van der Waals surface area contributed by atoms with Gasteiger partial charge in [0, 0.05) is 32.9 Å². The lowest BCUT2D eigenvalue weighted by molar-refractivity contribution is -0.149. The largest absolute Gasteiger partial charge is 0.551 e. The van der Waals surface area contributed by atoms with Crippen LogP contribution in [0.1, 0.15) is 42.7 Å². The Morgan fingerprint density at radius 3 is 2.29 bits per heavy atom. The molecule has 2 atom stereocenters. The van der Waals surface area contributed by atoms with E-state index in [1.807, 2.05) is 44.2 Å². The SMILES string of the molecule is COC(=O)CC(=O)OB(OCC(=O)N(C)C)[C@H](CC(C)C)NC(=O)C(Cc1ccccc1)NC(=O)c1cnccn1. The van der Waals surface area contributed by atoms with E-state index in [4.69, 9.17) is 9.31 Å². The molecule has 220 valence electrons. The first-order valence-corrected chi connectivity index (χ1v) is 13.0. The lowest BCUT2D eigenvalue weighted by atomic mass is 9.73. The van der Waals surface area contributed by atoms with Crippen LogP contribution in [0.2, 0.25) is 0 Å². The normalized spacial score (nSPS) is 12.0. The number of carbonyl (C=O) groups is 5. The first-order chi connectivity index (χ1) is 19.5. The second kappa shape index (κ2) is 16.7. The molecule has 1 unspecified atom stereocenters. The lowest BCUT2D eigenvalue weighted by Crippen LogP contribution is -2.57. The minimum Gasteiger partial charge on any atom is -0.508 e. The van der Waals surface area contributed by atoms with E-state index in [2.05, 4.69) is 25.3 Å². The highest BCUT2D eigenvalue weighted by atomic mass is 16.6. The molecule has 0 saturated heterocycles. The molecule has 2 aromatic rings. The van der Waals surface area contributed by atoms with E-state index in [0.717, 1.165) is 12.7 Å². The van der Waals surface area contributed by atoms with Gasteiger partial charge in [0.25, 0.3) is 5.91 Å². The fraction of sp³-hybridized carbons (Fsp3) is 0.444. The summed E-state index contributed by atoms with van der Waals surface area (Å²) in [6, 6.07) is 8.01. The maximum atomic E-state index is 13.7. The van der Waals surface area contributed by atoms with E-state index >= 15 is 0 Å². The molecule has 0 bridgehead atoms. The molecule has 14 heteroatoms. The Bertz CT molecular complexity index is 1170. The van der Waals surface area contributed by atoms with E-state index in [1.165, 1.54) is 37.6 Å². The van der Waals surface area contributed by atoms with Crippen molar-refractivity contribution in [3.8, 4) is 0 Å². The van der Waals surface area contributed by atoms with Gasteiger partial charge in [0.15, 0.2) is 0 Å². The van der Waals surface area contributed by atoms with Crippen LogP contribution in [0.15, 0.2) is 48.9 Å². The van der Waals surface area contributed by atoms with Crippen molar-refractivity contribution in [1.82, 2.24) is 25.5 Å². The molecular formula is C27H36BN5O8. The lowest BCUT2D eigenvalue weighted by Gasteiger charge is -2.28. The maximum absolute atomic E-state index is 13.7. The zero-order valence-corrected chi connectivity index (χ0v) is 23.9. The number of aromatic nitrogens is 2. The summed E-state index contributed by atoms with van der Waals surface area (Å²) < 4.78 is 15.6. The quantitative estimate of drug-likeness (QED) is 0.176.